The van der Waals surface area contributed by atoms with Crippen LogP contribution in [0.15, 0.2) is 60.2 Å². The molecule has 0 radical (unpaired) electrons. The zero-order valence-electron chi connectivity index (χ0n) is 22.4. The number of benzene rings is 2. The number of anilines is 1. The maximum Gasteiger partial charge on any atom is 0.108 e. The lowest BCUT2D eigenvalue weighted by atomic mass is 9.59. The third-order valence-corrected chi connectivity index (χ3v) is 10.5. The molecule has 4 heteroatoms. The van der Waals surface area contributed by atoms with Crippen LogP contribution >= 0.6 is 0 Å². The van der Waals surface area contributed by atoms with E-state index >= 15 is 0 Å². The van der Waals surface area contributed by atoms with Gasteiger partial charge in [0.15, 0.2) is 0 Å². The molecule has 3 heterocycles. The van der Waals surface area contributed by atoms with Crippen molar-refractivity contribution in [1.82, 2.24) is 15.2 Å². The number of likely N-dealkylation sites (N-methyl/N-ethyl adjacent to an activating group) is 2. The second-order valence-corrected chi connectivity index (χ2v) is 12.7. The number of rotatable bonds is 4. The second kappa shape index (κ2) is 7.49. The molecule has 0 spiro atoms. The van der Waals surface area contributed by atoms with E-state index in [2.05, 4.69) is 110 Å². The van der Waals surface area contributed by atoms with Crippen LogP contribution in [-0.4, -0.2) is 42.7 Å². The van der Waals surface area contributed by atoms with Crippen LogP contribution < -0.4 is 10.6 Å². The summed E-state index contributed by atoms with van der Waals surface area (Å²) in [6, 6.07) is 18.2. The lowest BCUT2D eigenvalue weighted by Crippen LogP contribution is -2.59. The Labute approximate surface area is 215 Å². The van der Waals surface area contributed by atoms with Gasteiger partial charge in [0.05, 0.1) is 0 Å². The van der Waals surface area contributed by atoms with Crippen molar-refractivity contribution < 1.29 is 0 Å². The highest BCUT2D eigenvalue weighted by molar-refractivity contribution is 5.85. The number of H-pyrrole nitrogens is 1. The summed E-state index contributed by atoms with van der Waals surface area (Å²) in [4.78, 5) is 6.75. The van der Waals surface area contributed by atoms with Gasteiger partial charge in [0.2, 0.25) is 0 Å². The zero-order chi connectivity index (χ0) is 24.9. The number of para-hydroxylation sites is 2. The summed E-state index contributed by atoms with van der Waals surface area (Å²) in [7, 11) is 4.45. The number of aromatic nitrogens is 1. The molecule has 0 unspecified atom stereocenters. The van der Waals surface area contributed by atoms with E-state index in [1.165, 1.54) is 46.3 Å². The Balaban J connectivity index is 1.57. The average Bonchev–Trinajstić information content (AvgIpc) is 3.51. The van der Waals surface area contributed by atoms with Crippen LogP contribution in [0.5, 0.6) is 0 Å². The molecule has 1 saturated heterocycles. The highest BCUT2D eigenvalue weighted by Crippen LogP contribution is 2.75. The molecule has 1 aromatic heterocycles. The van der Waals surface area contributed by atoms with E-state index in [0.717, 1.165) is 19.5 Å². The molecule has 2 aliphatic heterocycles. The normalized spacial score (nSPS) is 34.1. The number of aromatic amines is 1. The average molecular weight is 481 g/mol. The van der Waals surface area contributed by atoms with Crippen LogP contribution in [-0.2, 0) is 11.8 Å². The Hall–Kier alpha value is -2.56. The number of hydrogen-bond acceptors (Lipinski definition) is 3. The summed E-state index contributed by atoms with van der Waals surface area (Å²) < 4.78 is 0. The molecule has 4 aliphatic rings. The minimum atomic E-state index is -0.0947. The van der Waals surface area contributed by atoms with Crippen molar-refractivity contribution >= 4 is 16.6 Å². The van der Waals surface area contributed by atoms with Crippen molar-refractivity contribution in [2.45, 2.75) is 57.0 Å². The lowest BCUT2D eigenvalue weighted by molar-refractivity contribution is 0.0869. The van der Waals surface area contributed by atoms with Crippen LogP contribution in [0.4, 0.5) is 5.69 Å². The Morgan fingerprint density at radius 3 is 2.69 bits per heavy atom. The first kappa shape index (κ1) is 22.6. The number of likely N-dealkylation sites (tertiary alicyclic amines) is 1. The van der Waals surface area contributed by atoms with Gasteiger partial charge in [-0.05, 0) is 81.4 Å². The van der Waals surface area contributed by atoms with Gasteiger partial charge < -0.3 is 15.6 Å². The predicted octanol–water partition coefficient (Wildman–Crippen LogP) is 6.03. The fraction of sp³-hybridized carbons (Fsp3) is 0.500. The number of allylic oxidation sites excluding steroid dienone is 1. The number of hydrogen-bond donors (Lipinski definition) is 3. The molecule has 5 atom stereocenters. The van der Waals surface area contributed by atoms with E-state index in [9.17, 15) is 0 Å². The highest BCUT2D eigenvalue weighted by atomic mass is 15.4. The van der Waals surface area contributed by atoms with Gasteiger partial charge in [0, 0.05) is 46.1 Å². The lowest BCUT2D eigenvalue weighted by Gasteiger charge is -2.47. The van der Waals surface area contributed by atoms with E-state index in [4.69, 9.17) is 0 Å². The third-order valence-electron chi connectivity index (χ3n) is 10.5. The predicted molar refractivity (Wildman–Crippen MR) is 150 cm³/mol. The van der Waals surface area contributed by atoms with Crippen molar-refractivity contribution in [2.24, 2.45) is 17.3 Å². The van der Waals surface area contributed by atoms with Gasteiger partial charge in [0.1, 0.15) is 5.66 Å². The van der Waals surface area contributed by atoms with Crippen molar-refractivity contribution in [3.63, 3.8) is 0 Å². The highest BCUT2D eigenvalue weighted by Gasteiger charge is 2.78. The van der Waals surface area contributed by atoms with Crippen molar-refractivity contribution in [1.29, 1.82) is 0 Å². The number of fused-ring (bicyclic) bond motifs is 3. The SMILES string of the molecule is CNCCc1c([C@@H]2[C@@H]3[C@@H](C=C(C)CC3(C)C)[C@]34Nc5ccccc5[C@]23CCN4C)[nH]c2ccccc12. The molecule has 1 saturated carbocycles. The van der Waals surface area contributed by atoms with Gasteiger partial charge in [0.25, 0.3) is 0 Å². The zero-order valence-corrected chi connectivity index (χ0v) is 22.4. The smallest absolute Gasteiger partial charge is 0.108 e. The van der Waals surface area contributed by atoms with Gasteiger partial charge >= 0.3 is 0 Å². The fourth-order valence-corrected chi connectivity index (χ4v) is 9.55. The molecule has 0 amide bonds. The molecule has 2 aromatic carbocycles. The summed E-state index contributed by atoms with van der Waals surface area (Å²) in [5, 5.41) is 9.06. The minimum absolute atomic E-state index is 0.0291. The Bertz CT molecular complexity index is 1380. The Kier molecular flexibility index (Phi) is 4.71. The summed E-state index contributed by atoms with van der Waals surface area (Å²) in [5.74, 6) is 1.42. The van der Waals surface area contributed by atoms with Crippen LogP contribution in [0.2, 0.25) is 0 Å². The van der Waals surface area contributed by atoms with Crippen LogP contribution in [0.3, 0.4) is 0 Å². The van der Waals surface area contributed by atoms with E-state index in [-0.39, 0.29) is 16.5 Å². The first-order valence-electron chi connectivity index (χ1n) is 13.9. The molecule has 0 bridgehead atoms. The largest absolute Gasteiger partial charge is 0.366 e. The molecule has 3 aromatic rings. The quantitative estimate of drug-likeness (QED) is 0.400. The molecular weight excluding hydrogens is 440 g/mol. The first-order valence-corrected chi connectivity index (χ1v) is 13.9. The molecule has 7 rings (SSSR count). The van der Waals surface area contributed by atoms with Crippen LogP contribution in [0.1, 0.15) is 56.4 Å². The van der Waals surface area contributed by atoms with E-state index < -0.39 is 0 Å². The van der Waals surface area contributed by atoms with Crippen molar-refractivity contribution in [2.75, 3.05) is 32.5 Å². The number of nitrogens with zero attached hydrogens (tertiary/aromatic N) is 1. The molecule has 188 valence electrons. The molecule has 36 heavy (non-hydrogen) atoms. The van der Waals surface area contributed by atoms with Crippen molar-refractivity contribution in [3.05, 3.63) is 77.0 Å². The van der Waals surface area contributed by atoms with Gasteiger partial charge in [-0.15, -0.1) is 0 Å². The Morgan fingerprint density at radius 2 is 1.86 bits per heavy atom. The van der Waals surface area contributed by atoms with E-state index in [1.807, 2.05) is 0 Å². The van der Waals surface area contributed by atoms with Crippen LogP contribution in [0.25, 0.3) is 10.9 Å². The van der Waals surface area contributed by atoms with Crippen molar-refractivity contribution in [3.8, 4) is 0 Å². The first-order chi connectivity index (χ1) is 17.3. The monoisotopic (exact) mass is 480 g/mol. The molecule has 4 nitrogen and oxygen atoms in total. The summed E-state index contributed by atoms with van der Waals surface area (Å²) in [6.07, 6.45) is 6.08. The maximum absolute atomic E-state index is 4.22. The van der Waals surface area contributed by atoms with E-state index in [0.29, 0.717) is 17.8 Å². The topological polar surface area (TPSA) is 43.1 Å². The molecular formula is C32H40N4. The van der Waals surface area contributed by atoms with Gasteiger partial charge in [-0.1, -0.05) is 61.9 Å². The van der Waals surface area contributed by atoms with Gasteiger partial charge in [-0.2, -0.15) is 0 Å². The minimum Gasteiger partial charge on any atom is -0.366 e. The maximum atomic E-state index is 4.22. The molecule has 2 fully saturated rings. The van der Waals surface area contributed by atoms with Gasteiger partial charge in [-0.25, -0.2) is 0 Å². The summed E-state index contributed by atoms with van der Waals surface area (Å²) >= 11 is 0. The fourth-order valence-electron chi connectivity index (χ4n) is 9.55. The van der Waals surface area contributed by atoms with Gasteiger partial charge in [-0.3, -0.25) is 4.90 Å². The molecule has 2 aliphatic carbocycles. The van der Waals surface area contributed by atoms with Crippen LogP contribution in [0, 0.1) is 17.3 Å². The molecule has 3 N–H and O–H groups in total. The van der Waals surface area contributed by atoms with E-state index in [1.54, 1.807) is 5.57 Å². The standard InChI is InChI=1S/C32H40N4/c1-20-18-24-27(30(2,3)19-20)28(29-22(14-16-33-4)21-10-6-8-12-25(21)34-29)31-15-17-36(5)32(24,31)35-26-13-9-7-11-23(26)31/h6-13,18,24,27-28,33-35H,14-17,19H2,1-5H3/t24-,27+,28+,31-,32-/m1/s1. The third kappa shape index (κ3) is 2.57. The summed E-state index contributed by atoms with van der Waals surface area (Å²) in [5.41, 5.74) is 8.89. The Morgan fingerprint density at radius 1 is 1.08 bits per heavy atom. The number of nitrogens with one attached hydrogen (secondary N) is 3. The second-order valence-electron chi connectivity index (χ2n) is 12.7. The summed E-state index contributed by atoms with van der Waals surface area (Å²) in [6.45, 7) is 9.56.